The van der Waals surface area contributed by atoms with Gasteiger partial charge in [0.1, 0.15) is 24.0 Å². The first kappa shape index (κ1) is 26.5. The fourth-order valence-corrected chi connectivity index (χ4v) is 6.72. The maximum Gasteiger partial charge on any atom is 0.242 e. The van der Waals surface area contributed by atoms with E-state index in [9.17, 15) is 14.0 Å². The van der Waals surface area contributed by atoms with Crippen molar-refractivity contribution in [3.8, 4) is 16.9 Å². The van der Waals surface area contributed by atoms with Gasteiger partial charge >= 0.3 is 0 Å². The van der Waals surface area contributed by atoms with Crippen LogP contribution in [0.4, 0.5) is 14.6 Å². The van der Waals surface area contributed by atoms with Crippen LogP contribution in [0, 0.1) is 11.6 Å². The molecule has 40 heavy (non-hydrogen) atoms. The summed E-state index contributed by atoms with van der Waals surface area (Å²) in [6, 6.07) is 19.9. The number of carbonyl (C=O) groups is 2. The first-order valence-corrected chi connectivity index (χ1v) is 14.4. The van der Waals surface area contributed by atoms with E-state index in [0.29, 0.717) is 40.9 Å². The van der Waals surface area contributed by atoms with Gasteiger partial charge in [0, 0.05) is 35.8 Å². The number of fused-ring (bicyclic) bond motifs is 1. The molecular formula is C30H25ClF2N4O2S. The van der Waals surface area contributed by atoms with Gasteiger partial charge in [-0.2, -0.15) is 5.10 Å². The van der Waals surface area contributed by atoms with Gasteiger partial charge in [0.25, 0.3) is 0 Å². The molecule has 2 aliphatic rings. The van der Waals surface area contributed by atoms with E-state index >= 15 is 4.39 Å². The Bertz CT molecular complexity index is 1590. The highest BCUT2D eigenvalue weighted by Crippen LogP contribution is 2.49. The summed E-state index contributed by atoms with van der Waals surface area (Å²) in [4.78, 5) is 30.4. The zero-order chi connectivity index (χ0) is 27.8. The number of aromatic nitrogens is 2. The second kappa shape index (κ2) is 11.1. The van der Waals surface area contributed by atoms with Gasteiger partial charge in [-0.1, -0.05) is 60.1 Å². The van der Waals surface area contributed by atoms with Crippen molar-refractivity contribution in [1.29, 1.82) is 0 Å². The maximum atomic E-state index is 15.3. The van der Waals surface area contributed by atoms with E-state index in [1.807, 2.05) is 36.4 Å². The van der Waals surface area contributed by atoms with Crippen molar-refractivity contribution in [3.63, 3.8) is 0 Å². The van der Waals surface area contributed by atoms with Crippen LogP contribution >= 0.6 is 23.4 Å². The fourth-order valence-electron chi connectivity index (χ4n) is 5.28. The molecule has 1 aromatic heterocycles. The molecule has 10 heteroatoms. The molecule has 0 N–H and O–H groups in total. The summed E-state index contributed by atoms with van der Waals surface area (Å²) in [5, 5.41) is 4.64. The van der Waals surface area contributed by atoms with Crippen LogP contribution in [-0.4, -0.2) is 51.9 Å². The van der Waals surface area contributed by atoms with Crippen molar-refractivity contribution in [2.45, 2.75) is 18.1 Å². The highest BCUT2D eigenvalue weighted by Gasteiger charge is 2.39. The zero-order valence-electron chi connectivity index (χ0n) is 21.4. The summed E-state index contributed by atoms with van der Waals surface area (Å²) in [7, 11) is 0. The highest BCUT2D eigenvalue weighted by molar-refractivity contribution is 8.00. The smallest absolute Gasteiger partial charge is 0.242 e. The fraction of sp³-hybridized carbons (Fsp3) is 0.233. The number of thioether (sulfide) groups is 1. The van der Waals surface area contributed by atoms with Crippen LogP contribution in [0.5, 0.6) is 0 Å². The summed E-state index contributed by atoms with van der Waals surface area (Å²) in [6.45, 7) is 1.10. The minimum atomic E-state index is -0.720. The summed E-state index contributed by atoms with van der Waals surface area (Å²) in [5.41, 5.74) is 2.56. The third kappa shape index (κ3) is 4.88. The van der Waals surface area contributed by atoms with Crippen molar-refractivity contribution in [1.82, 2.24) is 14.7 Å². The molecule has 4 aromatic rings. The molecule has 2 amide bonds. The maximum absolute atomic E-state index is 15.3. The Labute approximate surface area is 239 Å². The van der Waals surface area contributed by atoms with Crippen LogP contribution in [0.2, 0.25) is 5.02 Å². The molecule has 0 aliphatic carbocycles. The third-order valence-corrected chi connectivity index (χ3v) is 8.77. The minimum absolute atomic E-state index is 0.0137. The lowest BCUT2D eigenvalue weighted by Gasteiger charge is -2.25. The monoisotopic (exact) mass is 578 g/mol. The van der Waals surface area contributed by atoms with E-state index < -0.39 is 16.9 Å². The van der Waals surface area contributed by atoms with E-state index in [1.54, 1.807) is 27.8 Å². The first-order valence-electron chi connectivity index (χ1n) is 13.0. The molecule has 0 saturated carbocycles. The molecule has 1 fully saturated rings. The molecule has 204 valence electrons. The molecule has 2 aliphatic heterocycles. The Balaban J connectivity index is 1.63. The number of hydrogen-bond donors (Lipinski definition) is 0. The third-order valence-electron chi connectivity index (χ3n) is 7.21. The Kier molecular flexibility index (Phi) is 7.33. The SMILES string of the molecule is O=C(CN1C(=O)CS[C@@H](c2ccc(F)cc2F)c2c(-c3ccccc3)nn(-c3ccccc3Cl)c21)N1CCCC1. The van der Waals surface area contributed by atoms with Crippen molar-refractivity contribution in [2.75, 3.05) is 30.3 Å². The van der Waals surface area contributed by atoms with Crippen LogP contribution in [0.25, 0.3) is 16.9 Å². The molecule has 0 bridgehead atoms. The Morgan fingerprint density at radius 3 is 2.45 bits per heavy atom. The lowest BCUT2D eigenvalue weighted by Crippen LogP contribution is -2.43. The predicted octanol–water partition coefficient (Wildman–Crippen LogP) is 6.26. The lowest BCUT2D eigenvalue weighted by atomic mass is 9.99. The predicted molar refractivity (Wildman–Crippen MR) is 153 cm³/mol. The molecule has 1 atom stereocenters. The van der Waals surface area contributed by atoms with E-state index in [1.165, 1.54) is 28.8 Å². The van der Waals surface area contributed by atoms with Gasteiger partial charge in [-0.05, 0) is 31.0 Å². The molecule has 6 nitrogen and oxygen atoms in total. The van der Waals surface area contributed by atoms with Gasteiger partial charge in [0.05, 0.1) is 27.4 Å². The van der Waals surface area contributed by atoms with Crippen molar-refractivity contribution in [3.05, 3.63) is 101 Å². The number of likely N-dealkylation sites (tertiary alicyclic amines) is 1. The number of rotatable bonds is 5. The lowest BCUT2D eigenvalue weighted by molar-refractivity contribution is -0.130. The van der Waals surface area contributed by atoms with E-state index in [0.717, 1.165) is 24.5 Å². The number of carbonyl (C=O) groups excluding carboxylic acids is 2. The van der Waals surface area contributed by atoms with E-state index in [4.69, 9.17) is 16.7 Å². The Hall–Kier alpha value is -3.69. The van der Waals surface area contributed by atoms with Crippen LogP contribution in [0.15, 0.2) is 72.8 Å². The number of anilines is 1. The summed E-state index contributed by atoms with van der Waals surface area (Å²) < 4.78 is 30.9. The van der Waals surface area contributed by atoms with Gasteiger partial charge in [0.15, 0.2) is 0 Å². The number of amides is 2. The average molecular weight is 579 g/mol. The molecule has 3 heterocycles. The van der Waals surface area contributed by atoms with Gasteiger partial charge in [0.2, 0.25) is 11.8 Å². The summed E-state index contributed by atoms with van der Waals surface area (Å²) >= 11 is 7.87. The normalized spacial score (nSPS) is 17.2. The zero-order valence-corrected chi connectivity index (χ0v) is 23.0. The van der Waals surface area contributed by atoms with Crippen molar-refractivity contribution >= 4 is 41.0 Å². The van der Waals surface area contributed by atoms with Crippen LogP contribution < -0.4 is 4.90 Å². The Morgan fingerprint density at radius 1 is 1.00 bits per heavy atom. The molecular weight excluding hydrogens is 554 g/mol. The van der Waals surface area contributed by atoms with Gasteiger partial charge in [-0.15, -0.1) is 11.8 Å². The largest absolute Gasteiger partial charge is 0.341 e. The first-order chi connectivity index (χ1) is 19.4. The van der Waals surface area contributed by atoms with Crippen molar-refractivity contribution < 1.29 is 18.4 Å². The number of benzene rings is 3. The molecule has 0 unspecified atom stereocenters. The molecule has 3 aromatic carbocycles. The number of halogens is 3. The summed E-state index contributed by atoms with van der Waals surface area (Å²) in [6.07, 6.45) is 1.84. The quantitative estimate of drug-likeness (QED) is 0.280. The topological polar surface area (TPSA) is 58.4 Å². The van der Waals surface area contributed by atoms with Crippen molar-refractivity contribution in [2.24, 2.45) is 0 Å². The standard InChI is InChI=1S/C30H25ClF2N4O2S/c31-22-10-4-5-11-24(22)37-30-27(28(34-37)19-8-2-1-3-9-19)29(21-13-12-20(32)16-23(21)33)40-18-26(39)36(30)17-25(38)35-14-6-7-15-35/h1-5,8-13,16,29H,6-7,14-15,17-18H2/t29-/m0/s1. The van der Waals surface area contributed by atoms with Gasteiger partial charge in [-0.3, -0.25) is 14.5 Å². The number of para-hydroxylation sites is 1. The second-order valence-electron chi connectivity index (χ2n) is 9.74. The average Bonchev–Trinajstić information content (AvgIpc) is 3.60. The van der Waals surface area contributed by atoms with Gasteiger partial charge in [-0.25, -0.2) is 13.5 Å². The van der Waals surface area contributed by atoms with Crippen LogP contribution in [0.3, 0.4) is 0 Å². The van der Waals surface area contributed by atoms with Gasteiger partial charge < -0.3 is 4.90 Å². The number of nitrogens with zero attached hydrogens (tertiary/aromatic N) is 4. The van der Waals surface area contributed by atoms with E-state index in [2.05, 4.69) is 0 Å². The molecule has 1 saturated heterocycles. The molecule has 6 rings (SSSR count). The minimum Gasteiger partial charge on any atom is -0.341 e. The van der Waals surface area contributed by atoms with E-state index in [-0.39, 0.29) is 29.7 Å². The summed E-state index contributed by atoms with van der Waals surface area (Å²) in [5.74, 6) is -1.55. The molecule has 0 spiro atoms. The van der Waals surface area contributed by atoms with Crippen LogP contribution in [-0.2, 0) is 9.59 Å². The van der Waals surface area contributed by atoms with Crippen LogP contribution in [0.1, 0.15) is 29.2 Å². The Morgan fingerprint density at radius 2 is 1.73 bits per heavy atom. The second-order valence-corrected chi connectivity index (χ2v) is 11.2. The number of hydrogen-bond acceptors (Lipinski definition) is 4. The molecule has 0 radical (unpaired) electrons. The highest BCUT2D eigenvalue weighted by atomic mass is 35.5.